The van der Waals surface area contributed by atoms with Gasteiger partial charge in [0.15, 0.2) is 5.76 Å². The van der Waals surface area contributed by atoms with Crippen LogP contribution in [0.1, 0.15) is 16.1 Å². The molecule has 0 saturated carbocycles. The normalized spacial score (nSPS) is 10.9. The van der Waals surface area contributed by atoms with Crippen molar-refractivity contribution in [1.82, 2.24) is 15.4 Å². The highest BCUT2D eigenvalue weighted by atomic mass is 79.9. The number of halogens is 1. The second kappa shape index (κ2) is 6.87. The number of nitrogens with one attached hydrogen (secondary N) is 1. The van der Waals surface area contributed by atoms with Crippen molar-refractivity contribution in [3.8, 4) is 11.3 Å². The fourth-order valence-electron chi connectivity index (χ4n) is 1.92. The van der Waals surface area contributed by atoms with Crippen LogP contribution in [-0.2, 0) is 0 Å². The van der Waals surface area contributed by atoms with E-state index in [0.29, 0.717) is 23.6 Å². The van der Waals surface area contributed by atoms with Gasteiger partial charge >= 0.3 is 0 Å². The van der Waals surface area contributed by atoms with Crippen molar-refractivity contribution in [2.24, 2.45) is 0 Å². The lowest BCUT2D eigenvalue weighted by molar-refractivity contribution is 0.0950. The van der Waals surface area contributed by atoms with Gasteiger partial charge in [-0.1, -0.05) is 21.1 Å². The number of aromatic nitrogens is 1. The van der Waals surface area contributed by atoms with Crippen LogP contribution in [0, 0.1) is 6.92 Å². The Morgan fingerprint density at radius 3 is 2.62 bits per heavy atom. The first-order chi connectivity index (χ1) is 9.99. The third-order valence-electron chi connectivity index (χ3n) is 3.04. The summed E-state index contributed by atoms with van der Waals surface area (Å²) in [7, 11) is 3.92. The minimum absolute atomic E-state index is 0.159. The first kappa shape index (κ1) is 15.7. The molecule has 21 heavy (non-hydrogen) atoms. The van der Waals surface area contributed by atoms with Crippen molar-refractivity contribution in [1.29, 1.82) is 0 Å². The fourth-order valence-corrected chi connectivity index (χ4v) is 2.18. The number of amides is 1. The van der Waals surface area contributed by atoms with Crippen LogP contribution in [0.15, 0.2) is 33.3 Å². The average molecular weight is 352 g/mol. The monoisotopic (exact) mass is 351 g/mol. The number of carbonyl (C=O) groups excluding carboxylic acids is 1. The standard InChI is InChI=1S/C15H18BrN3O2/c1-10-13(15(20)17-8-9-19(2)3)14(21-18-10)11-4-6-12(16)7-5-11/h4-7H,8-9H2,1-3H3,(H,17,20). The molecule has 6 heteroatoms. The second-order valence-electron chi connectivity index (χ2n) is 5.04. The number of aryl methyl sites for hydroxylation is 1. The van der Waals surface area contributed by atoms with E-state index in [0.717, 1.165) is 16.6 Å². The quantitative estimate of drug-likeness (QED) is 0.899. The highest BCUT2D eigenvalue weighted by molar-refractivity contribution is 9.10. The number of carbonyl (C=O) groups is 1. The summed E-state index contributed by atoms with van der Waals surface area (Å²) in [6.07, 6.45) is 0. The van der Waals surface area contributed by atoms with Crippen molar-refractivity contribution in [3.63, 3.8) is 0 Å². The first-order valence-electron chi connectivity index (χ1n) is 6.64. The third-order valence-corrected chi connectivity index (χ3v) is 3.57. The lowest BCUT2D eigenvalue weighted by Gasteiger charge is -2.10. The third kappa shape index (κ3) is 3.92. The molecule has 0 fully saturated rings. The smallest absolute Gasteiger partial charge is 0.257 e. The van der Waals surface area contributed by atoms with Gasteiger partial charge in [0.25, 0.3) is 5.91 Å². The SMILES string of the molecule is Cc1noc(-c2ccc(Br)cc2)c1C(=O)NCCN(C)C. The van der Waals surface area contributed by atoms with E-state index in [1.54, 1.807) is 6.92 Å². The number of benzene rings is 1. The zero-order valence-electron chi connectivity index (χ0n) is 12.3. The molecule has 0 spiro atoms. The van der Waals surface area contributed by atoms with Gasteiger partial charge < -0.3 is 14.7 Å². The van der Waals surface area contributed by atoms with Crippen LogP contribution in [0.4, 0.5) is 0 Å². The molecule has 0 atom stereocenters. The number of hydrogen-bond acceptors (Lipinski definition) is 4. The fraction of sp³-hybridized carbons (Fsp3) is 0.333. The summed E-state index contributed by atoms with van der Waals surface area (Å²) >= 11 is 3.39. The Bertz CT molecular complexity index is 620. The molecule has 1 amide bonds. The summed E-state index contributed by atoms with van der Waals surface area (Å²) in [5.74, 6) is 0.343. The largest absolute Gasteiger partial charge is 0.355 e. The van der Waals surface area contributed by atoms with Crippen LogP contribution in [-0.4, -0.2) is 43.1 Å². The van der Waals surface area contributed by atoms with Crippen LogP contribution >= 0.6 is 15.9 Å². The van der Waals surface area contributed by atoms with Crippen LogP contribution in [0.3, 0.4) is 0 Å². The van der Waals surface area contributed by atoms with E-state index >= 15 is 0 Å². The number of rotatable bonds is 5. The van der Waals surface area contributed by atoms with E-state index in [4.69, 9.17) is 4.52 Å². The molecule has 0 unspecified atom stereocenters. The van der Waals surface area contributed by atoms with Gasteiger partial charge in [-0.05, 0) is 45.3 Å². The van der Waals surface area contributed by atoms with E-state index in [-0.39, 0.29) is 5.91 Å². The summed E-state index contributed by atoms with van der Waals surface area (Å²) in [6.45, 7) is 3.13. The topological polar surface area (TPSA) is 58.4 Å². The Morgan fingerprint density at radius 2 is 2.00 bits per heavy atom. The minimum Gasteiger partial charge on any atom is -0.355 e. The molecule has 2 rings (SSSR count). The zero-order valence-corrected chi connectivity index (χ0v) is 13.9. The van der Waals surface area contributed by atoms with Crippen LogP contribution in [0.25, 0.3) is 11.3 Å². The van der Waals surface area contributed by atoms with Gasteiger partial charge in [-0.25, -0.2) is 0 Å². The van der Waals surface area contributed by atoms with Crippen LogP contribution < -0.4 is 5.32 Å². The molecular formula is C15H18BrN3O2. The molecule has 5 nitrogen and oxygen atoms in total. The van der Waals surface area contributed by atoms with Gasteiger partial charge in [0.05, 0.1) is 5.69 Å². The van der Waals surface area contributed by atoms with Gasteiger partial charge in [-0.2, -0.15) is 0 Å². The maximum absolute atomic E-state index is 12.3. The minimum atomic E-state index is -0.159. The highest BCUT2D eigenvalue weighted by Crippen LogP contribution is 2.27. The number of likely N-dealkylation sites (N-methyl/N-ethyl adjacent to an activating group) is 1. The molecule has 1 aromatic carbocycles. The molecule has 0 aliphatic rings. The molecule has 0 radical (unpaired) electrons. The Kier molecular flexibility index (Phi) is 5.14. The van der Waals surface area contributed by atoms with E-state index < -0.39 is 0 Å². The van der Waals surface area contributed by atoms with E-state index in [1.165, 1.54) is 0 Å². The predicted octanol–water partition coefficient (Wildman–Crippen LogP) is 2.70. The maximum atomic E-state index is 12.3. The molecule has 0 aliphatic heterocycles. The van der Waals surface area contributed by atoms with Crippen molar-refractivity contribution in [2.75, 3.05) is 27.2 Å². The lowest BCUT2D eigenvalue weighted by Crippen LogP contribution is -2.31. The van der Waals surface area contributed by atoms with Crippen molar-refractivity contribution < 1.29 is 9.32 Å². The summed E-state index contributed by atoms with van der Waals surface area (Å²) < 4.78 is 6.31. The van der Waals surface area contributed by atoms with Crippen molar-refractivity contribution in [3.05, 3.63) is 40.0 Å². The van der Waals surface area contributed by atoms with Gasteiger partial charge in [-0.15, -0.1) is 0 Å². The highest BCUT2D eigenvalue weighted by Gasteiger charge is 2.21. The molecule has 0 bridgehead atoms. The lowest BCUT2D eigenvalue weighted by atomic mass is 10.1. The molecule has 0 saturated heterocycles. The Hall–Kier alpha value is -1.66. The average Bonchev–Trinajstić information content (AvgIpc) is 2.81. The predicted molar refractivity (Wildman–Crippen MR) is 85.3 cm³/mol. The Morgan fingerprint density at radius 1 is 1.33 bits per heavy atom. The molecule has 1 aromatic heterocycles. The summed E-state index contributed by atoms with van der Waals surface area (Å²) in [6, 6.07) is 7.59. The molecule has 1 heterocycles. The Labute approximate surface area is 132 Å². The van der Waals surface area contributed by atoms with Crippen molar-refractivity contribution in [2.45, 2.75) is 6.92 Å². The van der Waals surface area contributed by atoms with Gasteiger partial charge in [0.2, 0.25) is 0 Å². The van der Waals surface area contributed by atoms with Crippen LogP contribution in [0.5, 0.6) is 0 Å². The number of hydrogen-bond donors (Lipinski definition) is 1. The summed E-state index contributed by atoms with van der Waals surface area (Å²) in [4.78, 5) is 14.3. The second-order valence-corrected chi connectivity index (χ2v) is 5.95. The van der Waals surface area contributed by atoms with Gasteiger partial charge in [0, 0.05) is 23.1 Å². The van der Waals surface area contributed by atoms with E-state index in [9.17, 15) is 4.79 Å². The van der Waals surface area contributed by atoms with Crippen LogP contribution in [0.2, 0.25) is 0 Å². The van der Waals surface area contributed by atoms with E-state index in [1.807, 2.05) is 43.3 Å². The Balaban J connectivity index is 2.21. The van der Waals surface area contributed by atoms with Gasteiger partial charge in [-0.3, -0.25) is 4.79 Å². The van der Waals surface area contributed by atoms with Crippen molar-refractivity contribution >= 4 is 21.8 Å². The summed E-state index contributed by atoms with van der Waals surface area (Å²) in [5, 5.41) is 6.81. The molecule has 1 N–H and O–H groups in total. The molecule has 112 valence electrons. The van der Waals surface area contributed by atoms with E-state index in [2.05, 4.69) is 26.4 Å². The molecular weight excluding hydrogens is 334 g/mol. The first-order valence-corrected chi connectivity index (χ1v) is 7.43. The molecule has 2 aromatic rings. The van der Waals surface area contributed by atoms with Gasteiger partial charge in [0.1, 0.15) is 5.56 Å². The number of nitrogens with zero attached hydrogens (tertiary/aromatic N) is 2. The zero-order chi connectivity index (χ0) is 15.4. The maximum Gasteiger partial charge on any atom is 0.257 e. The summed E-state index contributed by atoms with van der Waals surface area (Å²) in [5.41, 5.74) is 1.92. The molecule has 0 aliphatic carbocycles.